The van der Waals surface area contributed by atoms with E-state index in [0.29, 0.717) is 0 Å². The molecule has 0 heterocycles. The molecule has 0 unspecified atom stereocenters. The van der Waals surface area contributed by atoms with Gasteiger partial charge in [0, 0.05) is 16.7 Å². The zero-order valence-corrected chi connectivity index (χ0v) is 10.1. The summed E-state index contributed by atoms with van der Waals surface area (Å²) in [6.07, 6.45) is 5.42. The Bertz CT molecular complexity index is 634. The van der Waals surface area contributed by atoms with Crippen LogP contribution in [0.1, 0.15) is 16.7 Å². The van der Waals surface area contributed by atoms with Crippen LogP contribution in [0.2, 0.25) is 0 Å². The Labute approximate surface area is 107 Å². The van der Waals surface area contributed by atoms with Crippen LogP contribution in [0.4, 0.5) is 0 Å². The Kier molecular flexibility index (Phi) is 3.69. The SMILES string of the molecule is C#Cc1ccccc1C#Cc1ccc(OC)cc1. The van der Waals surface area contributed by atoms with Gasteiger partial charge in [0.1, 0.15) is 5.75 Å². The first-order valence-corrected chi connectivity index (χ1v) is 5.55. The summed E-state index contributed by atoms with van der Waals surface area (Å²) in [6.45, 7) is 0. The summed E-state index contributed by atoms with van der Waals surface area (Å²) >= 11 is 0. The minimum absolute atomic E-state index is 0.818. The van der Waals surface area contributed by atoms with Crippen LogP contribution in [0, 0.1) is 24.2 Å². The summed E-state index contributed by atoms with van der Waals surface area (Å²) in [5, 5.41) is 0. The van der Waals surface area contributed by atoms with E-state index in [1.165, 1.54) is 0 Å². The predicted molar refractivity (Wildman–Crippen MR) is 73.4 cm³/mol. The fourth-order valence-electron chi connectivity index (χ4n) is 1.53. The molecular weight excluding hydrogens is 220 g/mol. The minimum Gasteiger partial charge on any atom is -0.497 e. The summed E-state index contributed by atoms with van der Waals surface area (Å²) in [5.74, 6) is 9.62. The molecule has 0 aromatic heterocycles. The number of methoxy groups -OCH3 is 1. The van der Waals surface area contributed by atoms with Crippen molar-refractivity contribution in [1.82, 2.24) is 0 Å². The normalized spacial score (nSPS) is 8.89. The van der Waals surface area contributed by atoms with Gasteiger partial charge in [0.2, 0.25) is 0 Å². The standard InChI is InChI=1S/C17H12O/c1-3-15-6-4-5-7-16(15)11-8-14-9-12-17(18-2)13-10-14/h1,4-7,9-10,12-13H,2H3. The number of benzene rings is 2. The molecule has 0 atom stereocenters. The van der Waals surface area contributed by atoms with Crippen molar-refractivity contribution >= 4 is 0 Å². The first-order valence-electron chi connectivity index (χ1n) is 5.55. The maximum atomic E-state index is 5.42. The Morgan fingerprint density at radius 3 is 2.17 bits per heavy atom. The van der Waals surface area contributed by atoms with Crippen LogP contribution in [0.15, 0.2) is 48.5 Å². The van der Waals surface area contributed by atoms with Crippen LogP contribution in [0.5, 0.6) is 5.75 Å². The molecule has 2 rings (SSSR count). The maximum absolute atomic E-state index is 5.42. The second-order valence-electron chi connectivity index (χ2n) is 3.67. The van der Waals surface area contributed by atoms with Gasteiger partial charge >= 0.3 is 0 Å². The van der Waals surface area contributed by atoms with Gasteiger partial charge in [-0.05, 0) is 36.4 Å². The van der Waals surface area contributed by atoms with E-state index in [-0.39, 0.29) is 0 Å². The lowest BCUT2D eigenvalue weighted by atomic mass is 10.1. The number of terminal acetylenes is 1. The molecule has 0 aliphatic carbocycles. The Morgan fingerprint density at radius 1 is 0.889 bits per heavy atom. The monoisotopic (exact) mass is 232 g/mol. The second kappa shape index (κ2) is 5.62. The molecule has 0 saturated carbocycles. The first kappa shape index (κ1) is 11.8. The van der Waals surface area contributed by atoms with Crippen molar-refractivity contribution in [3.8, 4) is 29.9 Å². The van der Waals surface area contributed by atoms with Gasteiger partial charge in [-0.2, -0.15) is 0 Å². The van der Waals surface area contributed by atoms with E-state index < -0.39 is 0 Å². The van der Waals surface area contributed by atoms with Crippen LogP contribution in [0.3, 0.4) is 0 Å². The fourth-order valence-corrected chi connectivity index (χ4v) is 1.53. The van der Waals surface area contributed by atoms with Gasteiger partial charge in [-0.3, -0.25) is 0 Å². The number of hydrogen-bond donors (Lipinski definition) is 0. The number of rotatable bonds is 1. The molecular formula is C17H12O. The molecule has 0 N–H and O–H groups in total. The topological polar surface area (TPSA) is 9.23 Å². The van der Waals surface area contributed by atoms with Crippen LogP contribution in [-0.2, 0) is 0 Å². The van der Waals surface area contributed by atoms with Crippen molar-refractivity contribution in [1.29, 1.82) is 0 Å². The molecule has 0 aliphatic rings. The van der Waals surface area contributed by atoms with Gasteiger partial charge in [-0.15, -0.1) is 6.42 Å². The minimum atomic E-state index is 0.818. The average Bonchev–Trinajstić information content (AvgIpc) is 2.46. The highest BCUT2D eigenvalue weighted by Crippen LogP contribution is 2.11. The van der Waals surface area contributed by atoms with E-state index in [0.717, 1.165) is 22.4 Å². The maximum Gasteiger partial charge on any atom is 0.118 e. The van der Waals surface area contributed by atoms with Crippen LogP contribution in [0.25, 0.3) is 0 Å². The lowest BCUT2D eigenvalue weighted by molar-refractivity contribution is 0.415. The summed E-state index contributed by atoms with van der Waals surface area (Å²) < 4.78 is 5.09. The van der Waals surface area contributed by atoms with E-state index in [2.05, 4.69) is 17.8 Å². The largest absolute Gasteiger partial charge is 0.497 e. The van der Waals surface area contributed by atoms with E-state index in [1.807, 2.05) is 48.5 Å². The van der Waals surface area contributed by atoms with Gasteiger partial charge in [-0.25, -0.2) is 0 Å². The molecule has 0 amide bonds. The van der Waals surface area contributed by atoms with E-state index >= 15 is 0 Å². The van der Waals surface area contributed by atoms with Crippen molar-refractivity contribution in [2.24, 2.45) is 0 Å². The zero-order chi connectivity index (χ0) is 12.8. The molecule has 1 heteroatoms. The predicted octanol–water partition coefficient (Wildman–Crippen LogP) is 3.08. The Balaban J connectivity index is 2.28. The van der Waals surface area contributed by atoms with E-state index in [1.54, 1.807) is 7.11 Å². The highest BCUT2D eigenvalue weighted by atomic mass is 16.5. The smallest absolute Gasteiger partial charge is 0.118 e. The summed E-state index contributed by atoms with van der Waals surface area (Å²) in [7, 11) is 1.64. The third-order valence-electron chi connectivity index (χ3n) is 2.51. The summed E-state index contributed by atoms with van der Waals surface area (Å²) in [6, 6.07) is 15.3. The average molecular weight is 232 g/mol. The number of ether oxygens (including phenoxy) is 1. The third kappa shape index (κ3) is 2.73. The van der Waals surface area contributed by atoms with Crippen molar-refractivity contribution in [3.63, 3.8) is 0 Å². The van der Waals surface area contributed by atoms with Crippen molar-refractivity contribution in [2.75, 3.05) is 7.11 Å². The van der Waals surface area contributed by atoms with E-state index in [4.69, 9.17) is 11.2 Å². The van der Waals surface area contributed by atoms with Crippen LogP contribution < -0.4 is 4.74 Å². The molecule has 1 nitrogen and oxygen atoms in total. The van der Waals surface area contributed by atoms with Crippen LogP contribution in [-0.4, -0.2) is 7.11 Å². The lowest BCUT2D eigenvalue weighted by Crippen LogP contribution is -1.83. The summed E-state index contributed by atoms with van der Waals surface area (Å²) in [5.41, 5.74) is 2.62. The highest BCUT2D eigenvalue weighted by Gasteiger charge is 1.94. The summed E-state index contributed by atoms with van der Waals surface area (Å²) in [4.78, 5) is 0. The van der Waals surface area contributed by atoms with E-state index in [9.17, 15) is 0 Å². The zero-order valence-electron chi connectivity index (χ0n) is 10.1. The molecule has 0 aliphatic heterocycles. The molecule has 86 valence electrons. The van der Waals surface area contributed by atoms with Crippen molar-refractivity contribution in [3.05, 3.63) is 65.2 Å². The molecule has 2 aromatic carbocycles. The third-order valence-corrected chi connectivity index (χ3v) is 2.51. The van der Waals surface area contributed by atoms with Crippen molar-refractivity contribution < 1.29 is 4.74 Å². The molecule has 2 aromatic rings. The van der Waals surface area contributed by atoms with Gasteiger partial charge < -0.3 is 4.74 Å². The van der Waals surface area contributed by atoms with Gasteiger partial charge in [0.15, 0.2) is 0 Å². The molecule has 0 saturated heterocycles. The Hall–Kier alpha value is -2.64. The second-order valence-corrected chi connectivity index (χ2v) is 3.67. The van der Waals surface area contributed by atoms with Crippen LogP contribution >= 0.6 is 0 Å². The molecule has 0 radical (unpaired) electrons. The molecule has 0 bridgehead atoms. The lowest BCUT2D eigenvalue weighted by Gasteiger charge is -1.98. The van der Waals surface area contributed by atoms with Gasteiger partial charge in [-0.1, -0.05) is 29.9 Å². The molecule has 0 spiro atoms. The van der Waals surface area contributed by atoms with Crippen molar-refractivity contribution in [2.45, 2.75) is 0 Å². The molecule has 18 heavy (non-hydrogen) atoms. The van der Waals surface area contributed by atoms with Gasteiger partial charge in [0.05, 0.1) is 7.11 Å². The molecule has 0 fully saturated rings. The highest BCUT2D eigenvalue weighted by molar-refractivity contribution is 5.52. The quantitative estimate of drug-likeness (QED) is 0.687. The number of hydrogen-bond acceptors (Lipinski definition) is 1. The van der Waals surface area contributed by atoms with Gasteiger partial charge in [0.25, 0.3) is 0 Å². The first-order chi connectivity index (χ1) is 8.83. The Morgan fingerprint density at radius 2 is 1.56 bits per heavy atom. The fraction of sp³-hybridized carbons (Fsp3) is 0.0588.